The summed E-state index contributed by atoms with van der Waals surface area (Å²) in [5.41, 5.74) is 1.33. The summed E-state index contributed by atoms with van der Waals surface area (Å²) in [6.45, 7) is 0. The van der Waals surface area contributed by atoms with Crippen LogP contribution in [0.4, 0.5) is 0 Å². The molecule has 0 amide bonds. The molecule has 0 saturated heterocycles. The Kier molecular flexibility index (Phi) is 3.55. The van der Waals surface area contributed by atoms with Crippen molar-refractivity contribution < 1.29 is 24.2 Å². The third-order valence-electron chi connectivity index (χ3n) is 3.65. The fourth-order valence-corrected chi connectivity index (χ4v) is 2.52. The number of benzene rings is 2. The summed E-state index contributed by atoms with van der Waals surface area (Å²) in [4.78, 5) is 24.2. The highest BCUT2D eigenvalue weighted by molar-refractivity contribution is 6.01. The Balaban J connectivity index is 1.86. The number of phenolic OH excluding ortho intramolecular Hbond substituents is 1. The summed E-state index contributed by atoms with van der Waals surface area (Å²) in [6.07, 6.45) is -0.648. The van der Waals surface area contributed by atoms with Gasteiger partial charge in [0.25, 0.3) is 0 Å². The molecule has 0 radical (unpaired) electrons. The molecule has 1 aliphatic heterocycles. The first-order valence-electron chi connectivity index (χ1n) is 6.80. The molecule has 0 aromatic heterocycles. The second-order valence-electron chi connectivity index (χ2n) is 4.99. The molecule has 22 heavy (non-hydrogen) atoms. The summed E-state index contributed by atoms with van der Waals surface area (Å²) in [5.74, 6) is -0.387. The highest BCUT2D eigenvalue weighted by Gasteiger charge is 2.32. The van der Waals surface area contributed by atoms with Crippen LogP contribution in [0.15, 0.2) is 42.5 Å². The molecule has 0 saturated carbocycles. The van der Waals surface area contributed by atoms with E-state index in [0.717, 1.165) is 0 Å². The number of fused-ring (bicyclic) bond motifs is 1. The van der Waals surface area contributed by atoms with Gasteiger partial charge in [0.1, 0.15) is 17.6 Å². The maximum absolute atomic E-state index is 12.4. The van der Waals surface area contributed by atoms with E-state index in [1.165, 1.54) is 19.2 Å². The number of ether oxygens (including phenoxy) is 2. The highest BCUT2D eigenvalue weighted by Crippen LogP contribution is 2.35. The van der Waals surface area contributed by atoms with Crippen molar-refractivity contribution in [1.29, 1.82) is 0 Å². The van der Waals surface area contributed by atoms with Gasteiger partial charge >= 0.3 is 5.97 Å². The van der Waals surface area contributed by atoms with Crippen molar-refractivity contribution >= 4 is 11.8 Å². The second kappa shape index (κ2) is 5.52. The zero-order chi connectivity index (χ0) is 15.7. The molecule has 1 atom stereocenters. The molecule has 5 heteroatoms. The third kappa shape index (κ3) is 2.41. The highest BCUT2D eigenvalue weighted by atomic mass is 16.5. The summed E-state index contributed by atoms with van der Waals surface area (Å²) in [5, 5.41) is 9.84. The number of hydrogen-bond acceptors (Lipinski definition) is 5. The van der Waals surface area contributed by atoms with Gasteiger partial charge in [-0.2, -0.15) is 0 Å². The lowest BCUT2D eigenvalue weighted by molar-refractivity contribution is 0.0367. The fourth-order valence-electron chi connectivity index (χ4n) is 2.52. The van der Waals surface area contributed by atoms with Crippen LogP contribution in [0.1, 0.15) is 38.8 Å². The van der Waals surface area contributed by atoms with E-state index in [1.54, 1.807) is 30.3 Å². The standard InChI is InChI=1S/C17H14O5/c1-21-10-6-7-14(18)13(8-10)15(19)9-16-11-4-2-3-5-12(11)17(20)22-16/h2-8,16,18H,9H2,1H3/t16-/m0/s1. The van der Waals surface area contributed by atoms with Gasteiger partial charge in [-0.05, 0) is 24.3 Å². The van der Waals surface area contributed by atoms with Gasteiger partial charge in [0, 0.05) is 5.56 Å². The van der Waals surface area contributed by atoms with E-state index >= 15 is 0 Å². The number of ketones is 1. The number of methoxy groups -OCH3 is 1. The largest absolute Gasteiger partial charge is 0.507 e. The van der Waals surface area contributed by atoms with Gasteiger partial charge in [0.05, 0.1) is 24.7 Å². The van der Waals surface area contributed by atoms with Gasteiger partial charge in [-0.1, -0.05) is 18.2 Å². The van der Waals surface area contributed by atoms with Crippen LogP contribution in [0.5, 0.6) is 11.5 Å². The number of Topliss-reactive ketones (excluding diaryl/α,β-unsaturated/α-hetero) is 1. The van der Waals surface area contributed by atoms with Crippen LogP contribution >= 0.6 is 0 Å². The molecule has 3 rings (SSSR count). The molecule has 0 bridgehead atoms. The summed E-state index contributed by atoms with van der Waals surface area (Å²) in [7, 11) is 1.48. The van der Waals surface area contributed by atoms with E-state index < -0.39 is 12.1 Å². The van der Waals surface area contributed by atoms with Crippen molar-refractivity contribution in [3.8, 4) is 11.5 Å². The van der Waals surface area contributed by atoms with E-state index in [1.807, 2.05) is 0 Å². The van der Waals surface area contributed by atoms with Gasteiger partial charge in [0.15, 0.2) is 5.78 Å². The number of carbonyl (C=O) groups is 2. The minimum atomic E-state index is -0.623. The Hall–Kier alpha value is -2.82. The lowest BCUT2D eigenvalue weighted by Crippen LogP contribution is -2.08. The Labute approximate surface area is 127 Å². The molecular formula is C17H14O5. The normalized spacial score (nSPS) is 16.0. The van der Waals surface area contributed by atoms with E-state index in [9.17, 15) is 14.7 Å². The van der Waals surface area contributed by atoms with Gasteiger partial charge in [0.2, 0.25) is 0 Å². The predicted molar refractivity (Wildman–Crippen MR) is 78.2 cm³/mol. The number of esters is 1. The van der Waals surface area contributed by atoms with Crippen molar-refractivity contribution in [2.45, 2.75) is 12.5 Å². The van der Waals surface area contributed by atoms with Crippen LogP contribution in [0, 0.1) is 0 Å². The monoisotopic (exact) mass is 298 g/mol. The second-order valence-corrected chi connectivity index (χ2v) is 4.99. The van der Waals surface area contributed by atoms with Gasteiger partial charge in [-0.15, -0.1) is 0 Å². The maximum atomic E-state index is 12.4. The van der Waals surface area contributed by atoms with Crippen LogP contribution in [-0.4, -0.2) is 24.0 Å². The Bertz CT molecular complexity index is 750. The van der Waals surface area contributed by atoms with E-state index in [0.29, 0.717) is 16.9 Å². The van der Waals surface area contributed by atoms with Crippen LogP contribution in [-0.2, 0) is 4.74 Å². The van der Waals surface area contributed by atoms with Crippen LogP contribution in [0.3, 0.4) is 0 Å². The van der Waals surface area contributed by atoms with Crippen molar-refractivity contribution in [2.24, 2.45) is 0 Å². The van der Waals surface area contributed by atoms with Crippen molar-refractivity contribution in [3.05, 3.63) is 59.2 Å². The van der Waals surface area contributed by atoms with E-state index in [4.69, 9.17) is 9.47 Å². The first kappa shape index (κ1) is 14.1. The number of phenols is 1. The summed E-state index contributed by atoms with van der Waals surface area (Å²) in [6, 6.07) is 11.4. The van der Waals surface area contributed by atoms with E-state index in [2.05, 4.69) is 0 Å². The SMILES string of the molecule is COc1ccc(O)c(C(=O)C[C@@H]2OC(=O)c3ccccc32)c1. The molecule has 1 N–H and O–H groups in total. The van der Waals surface area contributed by atoms with Crippen molar-refractivity contribution in [2.75, 3.05) is 7.11 Å². The van der Waals surface area contributed by atoms with Gasteiger partial charge < -0.3 is 14.6 Å². The Morgan fingerprint density at radius 2 is 2.05 bits per heavy atom. The first-order valence-corrected chi connectivity index (χ1v) is 6.80. The van der Waals surface area contributed by atoms with E-state index in [-0.39, 0.29) is 23.5 Å². The Morgan fingerprint density at radius 1 is 1.27 bits per heavy atom. The van der Waals surface area contributed by atoms with Crippen LogP contribution in [0.25, 0.3) is 0 Å². The molecule has 2 aromatic carbocycles. The zero-order valence-electron chi connectivity index (χ0n) is 11.9. The number of rotatable bonds is 4. The van der Waals surface area contributed by atoms with Crippen LogP contribution in [0.2, 0.25) is 0 Å². The molecule has 0 fully saturated rings. The molecule has 1 heterocycles. The molecule has 0 unspecified atom stereocenters. The molecule has 0 aliphatic carbocycles. The topological polar surface area (TPSA) is 72.8 Å². The zero-order valence-corrected chi connectivity index (χ0v) is 11.9. The van der Waals surface area contributed by atoms with Gasteiger partial charge in [-0.25, -0.2) is 4.79 Å². The fraction of sp³-hybridized carbons (Fsp3) is 0.176. The summed E-state index contributed by atoms with van der Waals surface area (Å²) < 4.78 is 10.3. The number of hydrogen-bond donors (Lipinski definition) is 1. The quantitative estimate of drug-likeness (QED) is 0.694. The average Bonchev–Trinajstić information content (AvgIpc) is 2.84. The molecule has 0 spiro atoms. The van der Waals surface area contributed by atoms with Crippen molar-refractivity contribution in [3.63, 3.8) is 0 Å². The molecular weight excluding hydrogens is 284 g/mol. The Morgan fingerprint density at radius 3 is 2.82 bits per heavy atom. The van der Waals surface area contributed by atoms with Crippen LogP contribution < -0.4 is 4.74 Å². The smallest absolute Gasteiger partial charge is 0.339 e. The number of cyclic esters (lactones) is 1. The third-order valence-corrected chi connectivity index (χ3v) is 3.65. The lowest BCUT2D eigenvalue weighted by Gasteiger charge is -2.11. The predicted octanol–water partition coefficient (Wildman–Crippen LogP) is 2.89. The first-order chi connectivity index (χ1) is 10.6. The van der Waals surface area contributed by atoms with Crippen molar-refractivity contribution in [1.82, 2.24) is 0 Å². The van der Waals surface area contributed by atoms with Gasteiger partial charge in [-0.3, -0.25) is 4.79 Å². The minimum absolute atomic E-state index is 0.0243. The molecule has 5 nitrogen and oxygen atoms in total. The minimum Gasteiger partial charge on any atom is -0.507 e. The molecule has 2 aromatic rings. The number of aromatic hydroxyl groups is 1. The average molecular weight is 298 g/mol. The maximum Gasteiger partial charge on any atom is 0.339 e. The summed E-state index contributed by atoms with van der Waals surface area (Å²) >= 11 is 0. The number of carbonyl (C=O) groups excluding carboxylic acids is 2. The lowest BCUT2D eigenvalue weighted by atomic mass is 9.98. The molecule has 1 aliphatic rings. The molecule has 112 valence electrons.